The molecular weight excluding hydrogens is 369 g/mol. The summed E-state index contributed by atoms with van der Waals surface area (Å²) in [5.74, 6) is 1.67. The van der Waals surface area contributed by atoms with Crippen LogP contribution >= 0.6 is 0 Å². The molecule has 0 saturated heterocycles. The SMILES string of the molecule is Cc1cc(Nc2nccc3nc(-c4ccccc4C(F)(F)F)[nH]c23)nc(C)n1. The monoisotopic (exact) mass is 384 g/mol. The minimum Gasteiger partial charge on any atom is -0.335 e. The number of hydrogen-bond donors (Lipinski definition) is 2. The molecule has 0 atom stereocenters. The van der Waals surface area contributed by atoms with Crippen LogP contribution in [0.1, 0.15) is 17.1 Å². The van der Waals surface area contributed by atoms with E-state index in [0.717, 1.165) is 11.8 Å². The molecule has 0 spiro atoms. The maximum absolute atomic E-state index is 13.4. The van der Waals surface area contributed by atoms with Crippen molar-refractivity contribution in [2.45, 2.75) is 20.0 Å². The molecule has 142 valence electrons. The van der Waals surface area contributed by atoms with Crippen molar-refractivity contribution < 1.29 is 13.2 Å². The normalized spacial score (nSPS) is 11.8. The Morgan fingerprint density at radius 3 is 2.54 bits per heavy atom. The number of pyridine rings is 1. The van der Waals surface area contributed by atoms with E-state index < -0.39 is 11.7 Å². The maximum atomic E-state index is 13.4. The fourth-order valence-electron chi connectivity index (χ4n) is 3.00. The van der Waals surface area contributed by atoms with Gasteiger partial charge in [-0.25, -0.2) is 19.9 Å². The van der Waals surface area contributed by atoms with E-state index in [0.29, 0.717) is 28.5 Å². The summed E-state index contributed by atoms with van der Waals surface area (Å²) >= 11 is 0. The van der Waals surface area contributed by atoms with E-state index in [2.05, 4.69) is 30.2 Å². The number of rotatable bonds is 3. The van der Waals surface area contributed by atoms with Gasteiger partial charge in [0.15, 0.2) is 5.82 Å². The molecule has 0 amide bonds. The number of nitrogens with one attached hydrogen (secondary N) is 2. The van der Waals surface area contributed by atoms with Crippen molar-refractivity contribution in [3.63, 3.8) is 0 Å². The van der Waals surface area contributed by atoms with Gasteiger partial charge in [0.2, 0.25) is 0 Å². The van der Waals surface area contributed by atoms with Crippen molar-refractivity contribution in [1.29, 1.82) is 0 Å². The predicted octanol–water partition coefficient (Wildman–Crippen LogP) is 4.79. The summed E-state index contributed by atoms with van der Waals surface area (Å²) in [7, 11) is 0. The number of hydrogen-bond acceptors (Lipinski definition) is 5. The number of anilines is 2. The number of aromatic nitrogens is 5. The average Bonchev–Trinajstić information content (AvgIpc) is 3.05. The van der Waals surface area contributed by atoms with Crippen LogP contribution in [0, 0.1) is 13.8 Å². The summed E-state index contributed by atoms with van der Waals surface area (Å²) < 4.78 is 40.1. The van der Waals surface area contributed by atoms with Crippen LogP contribution in [-0.2, 0) is 6.18 Å². The number of nitrogens with zero attached hydrogens (tertiary/aromatic N) is 4. The van der Waals surface area contributed by atoms with Crippen molar-refractivity contribution in [2.24, 2.45) is 0 Å². The van der Waals surface area contributed by atoms with Gasteiger partial charge in [-0.05, 0) is 26.0 Å². The number of alkyl halides is 3. The van der Waals surface area contributed by atoms with Crippen LogP contribution in [-0.4, -0.2) is 24.9 Å². The largest absolute Gasteiger partial charge is 0.417 e. The zero-order valence-corrected chi connectivity index (χ0v) is 15.0. The van der Waals surface area contributed by atoms with Crippen molar-refractivity contribution in [2.75, 3.05) is 5.32 Å². The van der Waals surface area contributed by atoms with Gasteiger partial charge in [-0.1, -0.05) is 18.2 Å². The predicted molar refractivity (Wildman–Crippen MR) is 99.1 cm³/mol. The average molecular weight is 384 g/mol. The lowest BCUT2D eigenvalue weighted by Crippen LogP contribution is -2.07. The second-order valence-electron chi connectivity index (χ2n) is 6.25. The van der Waals surface area contributed by atoms with Crippen LogP contribution in [0.25, 0.3) is 22.4 Å². The molecule has 4 aromatic rings. The van der Waals surface area contributed by atoms with E-state index >= 15 is 0 Å². The lowest BCUT2D eigenvalue weighted by Gasteiger charge is -2.10. The van der Waals surface area contributed by atoms with Crippen molar-refractivity contribution in [1.82, 2.24) is 24.9 Å². The Bertz CT molecular complexity index is 1150. The summed E-state index contributed by atoms with van der Waals surface area (Å²) in [4.78, 5) is 20.1. The number of benzene rings is 1. The molecule has 0 unspecified atom stereocenters. The van der Waals surface area contributed by atoms with Gasteiger partial charge in [0.25, 0.3) is 0 Å². The van der Waals surface area contributed by atoms with E-state index in [1.807, 2.05) is 6.92 Å². The van der Waals surface area contributed by atoms with Crippen molar-refractivity contribution >= 4 is 22.7 Å². The smallest absolute Gasteiger partial charge is 0.335 e. The van der Waals surface area contributed by atoms with Gasteiger partial charge in [0.1, 0.15) is 23.0 Å². The van der Waals surface area contributed by atoms with E-state index in [-0.39, 0.29) is 11.4 Å². The van der Waals surface area contributed by atoms with E-state index in [4.69, 9.17) is 0 Å². The highest BCUT2D eigenvalue weighted by atomic mass is 19.4. The van der Waals surface area contributed by atoms with Crippen molar-refractivity contribution in [3.05, 3.63) is 59.7 Å². The standard InChI is InChI=1S/C19H15F3N6/c1-10-9-15(25-11(2)24-10)27-18-16-14(7-8-23-18)26-17(28-16)12-5-3-4-6-13(12)19(20,21)22/h3-9H,1-2H3,(H,26,28)(H,23,24,25,27). The van der Waals surface area contributed by atoms with Gasteiger partial charge >= 0.3 is 6.18 Å². The number of H-pyrrole nitrogens is 1. The Morgan fingerprint density at radius 1 is 1.00 bits per heavy atom. The second kappa shape index (κ2) is 6.59. The third-order valence-corrected chi connectivity index (χ3v) is 4.10. The van der Waals surface area contributed by atoms with Gasteiger partial charge in [0.05, 0.1) is 11.1 Å². The topological polar surface area (TPSA) is 79.4 Å². The molecule has 6 nitrogen and oxygen atoms in total. The first-order valence-corrected chi connectivity index (χ1v) is 8.42. The van der Waals surface area contributed by atoms with Gasteiger partial charge in [-0.15, -0.1) is 0 Å². The minimum absolute atomic E-state index is 0.0223. The first kappa shape index (κ1) is 17.9. The maximum Gasteiger partial charge on any atom is 0.417 e. The van der Waals surface area contributed by atoms with Gasteiger partial charge < -0.3 is 10.3 Å². The molecule has 0 aliphatic rings. The lowest BCUT2D eigenvalue weighted by atomic mass is 10.1. The molecule has 9 heteroatoms. The Hall–Kier alpha value is -3.49. The molecule has 0 aliphatic heterocycles. The Morgan fingerprint density at radius 2 is 1.79 bits per heavy atom. The fraction of sp³-hybridized carbons (Fsp3) is 0.158. The van der Waals surface area contributed by atoms with Crippen LogP contribution in [0.5, 0.6) is 0 Å². The third-order valence-electron chi connectivity index (χ3n) is 4.10. The molecule has 0 saturated carbocycles. The number of halogens is 3. The Kier molecular flexibility index (Phi) is 4.21. The molecule has 2 N–H and O–H groups in total. The van der Waals surface area contributed by atoms with E-state index in [9.17, 15) is 13.2 Å². The zero-order chi connectivity index (χ0) is 19.9. The summed E-state index contributed by atoms with van der Waals surface area (Å²) in [6, 6.07) is 8.70. The molecule has 0 fully saturated rings. The number of fused-ring (bicyclic) bond motifs is 1. The number of imidazole rings is 1. The summed E-state index contributed by atoms with van der Waals surface area (Å²) in [5, 5.41) is 3.08. The quantitative estimate of drug-likeness (QED) is 0.531. The summed E-state index contributed by atoms with van der Waals surface area (Å²) in [6.07, 6.45) is -2.95. The van der Waals surface area contributed by atoms with Gasteiger partial charge in [0, 0.05) is 23.5 Å². The highest BCUT2D eigenvalue weighted by Crippen LogP contribution is 2.37. The molecule has 28 heavy (non-hydrogen) atoms. The van der Waals surface area contributed by atoms with Crippen molar-refractivity contribution in [3.8, 4) is 11.4 Å². The fourth-order valence-corrected chi connectivity index (χ4v) is 3.00. The molecule has 1 aromatic carbocycles. The summed E-state index contributed by atoms with van der Waals surface area (Å²) in [6.45, 7) is 3.62. The lowest BCUT2D eigenvalue weighted by molar-refractivity contribution is -0.137. The van der Waals surface area contributed by atoms with Crippen LogP contribution in [0.4, 0.5) is 24.8 Å². The van der Waals surface area contributed by atoms with E-state index in [1.54, 1.807) is 25.1 Å². The van der Waals surface area contributed by atoms with Gasteiger partial charge in [-0.3, -0.25) is 0 Å². The molecule has 4 rings (SSSR count). The zero-order valence-electron chi connectivity index (χ0n) is 15.0. The van der Waals surface area contributed by atoms with Gasteiger partial charge in [-0.2, -0.15) is 13.2 Å². The first-order valence-electron chi connectivity index (χ1n) is 8.42. The summed E-state index contributed by atoms with van der Waals surface area (Å²) in [5.41, 5.74) is 0.992. The second-order valence-corrected chi connectivity index (χ2v) is 6.25. The van der Waals surface area contributed by atoms with Crippen LogP contribution < -0.4 is 5.32 Å². The highest BCUT2D eigenvalue weighted by Gasteiger charge is 2.34. The van der Waals surface area contributed by atoms with Crippen LogP contribution in [0.15, 0.2) is 42.6 Å². The first-order chi connectivity index (χ1) is 13.3. The Labute approximate surface area is 157 Å². The number of aromatic amines is 1. The Balaban J connectivity index is 1.80. The van der Waals surface area contributed by atoms with Crippen LogP contribution in [0.3, 0.4) is 0 Å². The third kappa shape index (κ3) is 3.38. The number of aryl methyl sites for hydroxylation is 2. The highest BCUT2D eigenvalue weighted by molar-refractivity contribution is 5.89. The molecular formula is C19H15F3N6. The van der Waals surface area contributed by atoms with Crippen LogP contribution in [0.2, 0.25) is 0 Å². The van der Waals surface area contributed by atoms with E-state index in [1.165, 1.54) is 18.3 Å². The molecule has 0 bridgehead atoms. The molecule has 0 aliphatic carbocycles. The molecule has 3 heterocycles. The minimum atomic E-state index is -4.48. The molecule has 3 aromatic heterocycles. The molecule has 0 radical (unpaired) electrons.